The van der Waals surface area contributed by atoms with Crippen LogP contribution < -0.4 is 4.74 Å². The largest absolute Gasteiger partial charge is 0.496 e. The van der Waals surface area contributed by atoms with Gasteiger partial charge in [0, 0.05) is 23.6 Å². The Kier molecular flexibility index (Phi) is 4.40. The Bertz CT molecular complexity index is 877. The highest BCUT2D eigenvalue weighted by Crippen LogP contribution is 2.35. The van der Waals surface area contributed by atoms with Crippen molar-refractivity contribution < 1.29 is 17.9 Å². The Morgan fingerprint density at radius 1 is 1.29 bits per heavy atom. The van der Waals surface area contributed by atoms with E-state index in [2.05, 4.69) is 15.0 Å². The molecule has 2 heterocycles. The lowest BCUT2D eigenvalue weighted by atomic mass is 10.2. The van der Waals surface area contributed by atoms with Crippen molar-refractivity contribution in [2.24, 2.45) is 0 Å². The van der Waals surface area contributed by atoms with Gasteiger partial charge in [-0.1, -0.05) is 17.8 Å². The molecule has 2 aromatic heterocycles. The van der Waals surface area contributed by atoms with E-state index in [0.29, 0.717) is 16.4 Å². The Morgan fingerprint density at radius 3 is 2.79 bits per heavy atom. The van der Waals surface area contributed by atoms with E-state index < -0.39 is 11.7 Å². The zero-order valence-corrected chi connectivity index (χ0v) is 13.8. The van der Waals surface area contributed by atoms with Gasteiger partial charge >= 0.3 is 6.18 Å². The van der Waals surface area contributed by atoms with Crippen LogP contribution in [0.4, 0.5) is 13.2 Å². The van der Waals surface area contributed by atoms with Crippen molar-refractivity contribution in [3.8, 4) is 5.75 Å². The fourth-order valence-electron chi connectivity index (χ4n) is 2.29. The number of hydrogen-bond acceptors (Lipinski definition) is 4. The van der Waals surface area contributed by atoms with Crippen molar-refractivity contribution in [1.29, 1.82) is 0 Å². The monoisotopic (exact) mass is 353 g/mol. The van der Waals surface area contributed by atoms with E-state index in [1.807, 2.05) is 13.0 Å². The zero-order valence-electron chi connectivity index (χ0n) is 12.9. The average molecular weight is 353 g/mol. The van der Waals surface area contributed by atoms with E-state index in [-0.39, 0.29) is 5.52 Å². The topological polar surface area (TPSA) is 50.8 Å². The van der Waals surface area contributed by atoms with Crippen molar-refractivity contribution in [2.75, 3.05) is 7.11 Å². The SMILES string of the molecule is COc1cc(CSc2nc3c(C(F)(F)F)cccc3[nH]2)ncc1C. The predicted molar refractivity (Wildman–Crippen MR) is 86.2 cm³/mol. The van der Waals surface area contributed by atoms with Gasteiger partial charge in [0.1, 0.15) is 11.3 Å². The van der Waals surface area contributed by atoms with Gasteiger partial charge in [0.15, 0.2) is 5.16 Å². The number of para-hydroxylation sites is 1. The highest BCUT2D eigenvalue weighted by atomic mass is 32.2. The summed E-state index contributed by atoms with van der Waals surface area (Å²) in [4.78, 5) is 11.3. The Balaban J connectivity index is 1.84. The highest BCUT2D eigenvalue weighted by Gasteiger charge is 2.33. The molecule has 126 valence electrons. The van der Waals surface area contributed by atoms with Crippen LogP contribution in [0.2, 0.25) is 0 Å². The number of H-pyrrole nitrogens is 1. The van der Waals surface area contributed by atoms with Crippen molar-refractivity contribution >= 4 is 22.8 Å². The molecule has 0 spiro atoms. The third-order valence-corrected chi connectivity index (χ3v) is 4.39. The van der Waals surface area contributed by atoms with Crippen LogP contribution in [0.3, 0.4) is 0 Å². The second kappa shape index (κ2) is 6.35. The molecule has 0 radical (unpaired) electrons. The van der Waals surface area contributed by atoms with Crippen molar-refractivity contribution in [3.63, 3.8) is 0 Å². The zero-order chi connectivity index (χ0) is 17.3. The molecular formula is C16H14F3N3OS. The van der Waals surface area contributed by atoms with Gasteiger partial charge in [-0.15, -0.1) is 0 Å². The molecule has 8 heteroatoms. The lowest BCUT2D eigenvalue weighted by Gasteiger charge is -2.06. The number of aromatic nitrogens is 3. The average Bonchev–Trinajstić information content (AvgIpc) is 2.95. The molecule has 1 aromatic carbocycles. The van der Waals surface area contributed by atoms with E-state index >= 15 is 0 Å². The number of methoxy groups -OCH3 is 1. The molecule has 24 heavy (non-hydrogen) atoms. The van der Waals surface area contributed by atoms with E-state index in [0.717, 1.165) is 23.1 Å². The van der Waals surface area contributed by atoms with E-state index in [1.165, 1.54) is 17.8 Å². The van der Waals surface area contributed by atoms with Crippen LogP contribution >= 0.6 is 11.8 Å². The molecule has 0 amide bonds. The maximum Gasteiger partial charge on any atom is 0.418 e. The van der Waals surface area contributed by atoms with Gasteiger partial charge in [0.05, 0.1) is 23.9 Å². The predicted octanol–water partition coefficient (Wildman–Crippen LogP) is 4.59. The van der Waals surface area contributed by atoms with Gasteiger partial charge < -0.3 is 9.72 Å². The number of aromatic amines is 1. The normalized spacial score (nSPS) is 11.9. The lowest BCUT2D eigenvalue weighted by molar-refractivity contribution is -0.136. The first-order chi connectivity index (χ1) is 11.4. The molecule has 0 saturated heterocycles. The molecule has 0 aliphatic heterocycles. The van der Waals surface area contributed by atoms with Crippen LogP contribution in [0.25, 0.3) is 11.0 Å². The van der Waals surface area contributed by atoms with E-state index in [4.69, 9.17) is 4.74 Å². The molecule has 0 atom stereocenters. The number of pyridine rings is 1. The number of rotatable bonds is 4. The van der Waals surface area contributed by atoms with Crippen LogP contribution in [0.5, 0.6) is 5.75 Å². The summed E-state index contributed by atoms with van der Waals surface area (Å²) >= 11 is 1.29. The fourth-order valence-corrected chi connectivity index (χ4v) is 3.07. The Labute approximate surface area is 140 Å². The number of nitrogens with zero attached hydrogens (tertiary/aromatic N) is 2. The molecule has 3 rings (SSSR count). The number of benzene rings is 1. The van der Waals surface area contributed by atoms with Gasteiger partial charge in [0.25, 0.3) is 0 Å². The first-order valence-electron chi connectivity index (χ1n) is 7.06. The summed E-state index contributed by atoms with van der Waals surface area (Å²) < 4.78 is 44.3. The summed E-state index contributed by atoms with van der Waals surface area (Å²) in [6, 6.07) is 5.79. The van der Waals surface area contributed by atoms with Crippen LogP contribution in [0.1, 0.15) is 16.8 Å². The van der Waals surface area contributed by atoms with Crippen LogP contribution in [0.15, 0.2) is 35.6 Å². The summed E-state index contributed by atoms with van der Waals surface area (Å²) in [5.74, 6) is 1.20. The molecule has 0 aliphatic rings. The molecule has 0 aliphatic carbocycles. The first kappa shape index (κ1) is 16.6. The summed E-state index contributed by atoms with van der Waals surface area (Å²) in [5.41, 5.74) is 1.24. The summed E-state index contributed by atoms with van der Waals surface area (Å²) in [7, 11) is 1.58. The fraction of sp³-hybridized carbons (Fsp3) is 0.250. The number of nitrogens with one attached hydrogen (secondary N) is 1. The maximum atomic E-state index is 13.0. The molecule has 0 unspecified atom stereocenters. The number of fused-ring (bicyclic) bond motifs is 1. The summed E-state index contributed by atoms with van der Waals surface area (Å²) in [6.45, 7) is 1.89. The molecule has 3 aromatic rings. The van der Waals surface area contributed by atoms with Crippen LogP contribution in [-0.4, -0.2) is 22.1 Å². The molecule has 0 fully saturated rings. The number of alkyl halides is 3. The first-order valence-corrected chi connectivity index (χ1v) is 8.05. The third-order valence-electron chi connectivity index (χ3n) is 3.48. The highest BCUT2D eigenvalue weighted by molar-refractivity contribution is 7.98. The molecular weight excluding hydrogens is 339 g/mol. The van der Waals surface area contributed by atoms with Gasteiger partial charge in [-0.25, -0.2) is 4.98 Å². The minimum Gasteiger partial charge on any atom is -0.496 e. The third kappa shape index (κ3) is 3.33. The standard InChI is InChI=1S/C16H14F3N3OS/c1-9-7-20-10(6-13(9)23-2)8-24-15-21-12-5-3-4-11(14(12)22-15)16(17,18)19/h3-7H,8H2,1-2H3,(H,21,22). The number of thioether (sulfide) groups is 1. The maximum absolute atomic E-state index is 13.0. The second-order valence-corrected chi connectivity index (χ2v) is 6.14. The second-order valence-electron chi connectivity index (χ2n) is 5.18. The quantitative estimate of drug-likeness (QED) is 0.697. The number of aryl methyl sites for hydroxylation is 1. The summed E-state index contributed by atoms with van der Waals surface area (Å²) in [5, 5.41) is 0.419. The molecule has 4 nitrogen and oxygen atoms in total. The number of halogens is 3. The number of hydrogen-bond donors (Lipinski definition) is 1. The smallest absolute Gasteiger partial charge is 0.418 e. The molecule has 0 saturated carbocycles. The number of imidazole rings is 1. The van der Waals surface area contributed by atoms with Gasteiger partial charge in [-0.2, -0.15) is 13.2 Å². The van der Waals surface area contributed by atoms with Gasteiger partial charge in [-0.05, 0) is 19.1 Å². The van der Waals surface area contributed by atoms with E-state index in [9.17, 15) is 13.2 Å². The Morgan fingerprint density at radius 2 is 2.08 bits per heavy atom. The Hall–Kier alpha value is -2.22. The number of ether oxygens (including phenoxy) is 1. The van der Waals surface area contributed by atoms with Crippen LogP contribution in [0, 0.1) is 6.92 Å². The van der Waals surface area contributed by atoms with Crippen molar-refractivity contribution in [3.05, 3.63) is 47.3 Å². The molecule has 0 bridgehead atoms. The minimum atomic E-state index is -4.43. The van der Waals surface area contributed by atoms with Gasteiger partial charge in [0.2, 0.25) is 0 Å². The van der Waals surface area contributed by atoms with Crippen molar-refractivity contribution in [1.82, 2.24) is 15.0 Å². The molecule has 1 N–H and O–H groups in total. The van der Waals surface area contributed by atoms with E-state index in [1.54, 1.807) is 19.4 Å². The van der Waals surface area contributed by atoms with Crippen LogP contribution in [-0.2, 0) is 11.9 Å². The minimum absolute atomic E-state index is 0.0676. The summed E-state index contributed by atoms with van der Waals surface area (Å²) in [6.07, 6.45) is -2.72. The van der Waals surface area contributed by atoms with Crippen molar-refractivity contribution in [2.45, 2.75) is 24.0 Å². The lowest BCUT2D eigenvalue weighted by Crippen LogP contribution is -2.05. The van der Waals surface area contributed by atoms with Gasteiger partial charge in [-0.3, -0.25) is 4.98 Å².